The van der Waals surface area contributed by atoms with Crippen molar-refractivity contribution in [3.8, 4) is 11.1 Å². The van der Waals surface area contributed by atoms with E-state index in [1.807, 2.05) is 24.3 Å². The van der Waals surface area contributed by atoms with Crippen LogP contribution >= 0.6 is 11.6 Å². The Kier molecular flexibility index (Phi) is 5.38. The standard InChI is InChI=1S/C18H21ClN4O2/c1-22(2)18(24)25-14-7-9-23(10-8-14)17-20-11-13(12-21-17)15-5-3-4-6-16(15)19/h3-6,11-12,14H,7-10H2,1-2H3. The summed E-state index contributed by atoms with van der Waals surface area (Å²) in [6.45, 7) is 1.52. The summed E-state index contributed by atoms with van der Waals surface area (Å²) in [6.07, 6.45) is 4.79. The minimum absolute atomic E-state index is 0.0476. The molecule has 6 nitrogen and oxygen atoms in total. The highest BCUT2D eigenvalue weighted by atomic mass is 35.5. The molecule has 0 unspecified atom stereocenters. The highest BCUT2D eigenvalue weighted by Crippen LogP contribution is 2.27. The number of anilines is 1. The van der Waals surface area contributed by atoms with Crippen molar-refractivity contribution in [3.05, 3.63) is 41.7 Å². The first-order valence-corrected chi connectivity index (χ1v) is 8.62. The first-order valence-electron chi connectivity index (χ1n) is 8.24. The van der Waals surface area contributed by atoms with E-state index in [1.165, 1.54) is 4.90 Å². The molecule has 0 saturated carbocycles. The fraction of sp³-hybridized carbons (Fsp3) is 0.389. The van der Waals surface area contributed by atoms with Crippen molar-refractivity contribution < 1.29 is 9.53 Å². The lowest BCUT2D eigenvalue weighted by molar-refractivity contribution is 0.0624. The third kappa shape index (κ3) is 4.20. The zero-order chi connectivity index (χ0) is 17.8. The molecule has 1 fully saturated rings. The summed E-state index contributed by atoms with van der Waals surface area (Å²) in [5.41, 5.74) is 1.81. The van der Waals surface area contributed by atoms with Crippen LogP contribution in [0, 0.1) is 0 Å². The van der Waals surface area contributed by atoms with E-state index < -0.39 is 0 Å². The van der Waals surface area contributed by atoms with E-state index in [2.05, 4.69) is 14.9 Å². The van der Waals surface area contributed by atoms with E-state index in [9.17, 15) is 4.79 Å². The monoisotopic (exact) mass is 360 g/mol. The van der Waals surface area contributed by atoms with Crippen LogP contribution in [-0.2, 0) is 4.74 Å². The lowest BCUT2D eigenvalue weighted by Gasteiger charge is -2.32. The SMILES string of the molecule is CN(C)C(=O)OC1CCN(c2ncc(-c3ccccc3Cl)cn2)CC1. The van der Waals surface area contributed by atoms with E-state index in [0.29, 0.717) is 11.0 Å². The second-order valence-corrected chi connectivity index (χ2v) is 6.62. The molecule has 1 aromatic carbocycles. The molecule has 1 saturated heterocycles. The molecule has 2 heterocycles. The Morgan fingerprint density at radius 3 is 2.44 bits per heavy atom. The molecule has 132 valence electrons. The summed E-state index contributed by atoms with van der Waals surface area (Å²) >= 11 is 6.22. The molecule has 1 aliphatic heterocycles. The van der Waals surface area contributed by atoms with Crippen LogP contribution < -0.4 is 4.90 Å². The van der Waals surface area contributed by atoms with E-state index in [-0.39, 0.29) is 12.2 Å². The van der Waals surface area contributed by atoms with Crippen LogP contribution in [0.2, 0.25) is 5.02 Å². The molecule has 0 N–H and O–H groups in total. The van der Waals surface area contributed by atoms with Crippen molar-refractivity contribution in [3.63, 3.8) is 0 Å². The van der Waals surface area contributed by atoms with Crippen LogP contribution in [0.1, 0.15) is 12.8 Å². The number of amides is 1. The molecule has 25 heavy (non-hydrogen) atoms. The van der Waals surface area contributed by atoms with E-state index in [1.54, 1.807) is 26.5 Å². The van der Waals surface area contributed by atoms with Crippen molar-refractivity contribution in [1.29, 1.82) is 0 Å². The first-order chi connectivity index (χ1) is 12.0. The van der Waals surface area contributed by atoms with Gasteiger partial charge in [-0.25, -0.2) is 14.8 Å². The number of piperidine rings is 1. The van der Waals surface area contributed by atoms with Crippen molar-refractivity contribution >= 4 is 23.6 Å². The number of carbonyl (C=O) groups excluding carboxylic acids is 1. The maximum atomic E-state index is 11.6. The molecule has 0 radical (unpaired) electrons. The Balaban J connectivity index is 1.61. The summed E-state index contributed by atoms with van der Waals surface area (Å²) in [5.74, 6) is 0.688. The van der Waals surface area contributed by atoms with E-state index in [0.717, 1.165) is 37.1 Å². The average Bonchev–Trinajstić information content (AvgIpc) is 2.63. The average molecular weight is 361 g/mol. The molecule has 2 aromatic rings. The Morgan fingerprint density at radius 2 is 1.84 bits per heavy atom. The third-order valence-corrected chi connectivity index (χ3v) is 4.51. The quantitative estimate of drug-likeness (QED) is 0.838. The summed E-state index contributed by atoms with van der Waals surface area (Å²) in [4.78, 5) is 24.1. The van der Waals surface area contributed by atoms with Gasteiger partial charge >= 0.3 is 6.09 Å². The zero-order valence-corrected chi connectivity index (χ0v) is 15.1. The highest BCUT2D eigenvalue weighted by molar-refractivity contribution is 6.33. The summed E-state index contributed by atoms with van der Waals surface area (Å²) in [6, 6.07) is 7.64. The van der Waals surface area contributed by atoms with E-state index in [4.69, 9.17) is 16.3 Å². The fourth-order valence-electron chi connectivity index (χ4n) is 2.74. The number of nitrogens with zero attached hydrogens (tertiary/aromatic N) is 4. The van der Waals surface area contributed by atoms with Crippen LogP contribution in [0.3, 0.4) is 0 Å². The maximum Gasteiger partial charge on any atom is 0.409 e. The number of benzene rings is 1. The summed E-state index contributed by atoms with van der Waals surface area (Å²) < 4.78 is 5.43. The largest absolute Gasteiger partial charge is 0.446 e. The van der Waals surface area contributed by atoms with Gasteiger partial charge in [-0.3, -0.25) is 0 Å². The number of hydrogen-bond acceptors (Lipinski definition) is 5. The molecule has 7 heteroatoms. The maximum absolute atomic E-state index is 11.6. The van der Waals surface area contributed by atoms with Gasteiger partial charge in [0.1, 0.15) is 6.10 Å². The summed E-state index contributed by atoms with van der Waals surface area (Å²) in [5, 5.41) is 0.683. The minimum atomic E-state index is -0.293. The second kappa shape index (κ2) is 7.70. The van der Waals surface area contributed by atoms with Crippen molar-refractivity contribution in [1.82, 2.24) is 14.9 Å². The normalized spacial score (nSPS) is 15.1. The van der Waals surface area contributed by atoms with Gasteiger partial charge in [-0.2, -0.15) is 0 Å². The molecule has 0 atom stereocenters. The molecule has 3 rings (SSSR count). The number of halogens is 1. The number of carbonyl (C=O) groups is 1. The molecular weight excluding hydrogens is 340 g/mol. The van der Waals surface area contributed by atoms with Gasteiger partial charge in [0.05, 0.1) is 0 Å². The molecule has 1 amide bonds. The van der Waals surface area contributed by atoms with Crippen molar-refractivity contribution in [2.24, 2.45) is 0 Å². The predicted octanol–water partition coefficient (Wildman–Crippen LogP) is 3.46. The first kappa shape index (κ1) is 17.5. The van der Waals surface area contributed by atoms with Gasteiger partial charge in [0.15, 0.2) is 0 Å². The van der Waals surface area contributed by atoms with Gasteiger partial charge in [-0.15, -0.1) is 0 Å². The topological polar surface area (TPSA) is 58.6 Å². The Morgan fingerprint density at radius 1 is 1.20 bits per heavy atom. The van der Waals surface area contributed by atoms with Crippen LogP contribution in [0.4, 0.5) is 10.7 Å². The van der Waals surface area contributed by atoms with Gasteiger partial charge in [-0.05, 0) is 6.07 Å². The van der Waals surface area contributed by atoms with Crippen LogP contribution in [0.25, 0.3) is 11.1 Å². The number of rotatable bonds is 3. The highest BCUT2D eigenvalue weighted by Gasteiger charge is 2.24. The van der Waals surface area contributed by atoms with Crippen molar-refractivity contribution in [2.45, 2.75) is 18.9 Å². The minimum Gasteiger partial charge on any atom is -0.446 e. The Labute approximate surface area is 152 Å². The zero-order valence-electron chi connectivity index (χ0n) is 14.4. The predicted molar refractivity (Wildman–Crippen MR) is 97.9 cm³/mol. The number of aromatic nitrogens is 2. The van der Waals surface area contributed by atoms with Gasteiger partial charge in [0.25, 0.3) is 0 Å². The Hall–Kier alpha value is -2.34. The second-order valence-electron chi connectivity index (χ2n) is 6.22. The fourth-order valence-corrected chi connectivity index (χ4v) is 2.99. The van der Waals surface area contributed by atoms with E-state index >= 15 is 0 Å². The van der Waals surface area contributed by atoms with Gasteiger partial charge < -0.3 is 14.5 Å². The lowest BCUT2D eigenvalue weighted by Crippen LogP contribution is -2.40. The van der Waals surface area contributed by atoms with Gasteiger partial charge in [-0.1, -0.05) is 29.8 Å². The van der Waals surface area contributed by atoms with Crippen LogP contribution in [0.15, 0.2) is 36.7 Å². The molecule has 0 bridgehead atoms. The lowest BCUT2D eigenvalue weighted by atomic mass is 10.1. The van der Waals surface area contributed by atoms with Crippen LogP contribution in [0.5, 0.6) is 0 Å². The molecular formula is C18H21ClN4O2. The summed E-state index contributed by atoms with van der Waals surface area (Å²) in [7, 11) is 3.37. The smallest absolute Gasteiger partial charge is 0.409 e. The molecule has 1 aliphatic rings. The van der Waals surface area contributed by atoms with Crippen molar-refractivity contribution in [2.75, 3.05) is 32.1 Å². The van der Waals surface area contributed by atoms with Crippen LogP contribution in [-0.4, -0.2) is 54.2 Å². The number of hydrogen-bond donors (Lipinski definition) is 0. The molecule has 1 aromatic heterocycles. The molecule has 0 aliphatic carbocycles. The van der Waals surface area contributed by atoms with Gasteiger partial charge in [0, 0.05) is 68.6 Å². The molecule has 0 spiro atoms. The number of ether oxygens (including phenoxy) is 1. The van der Waals surface area contributed by atoms with Gasteiger partial charge in [0.2, 0.25) is 5.95 Å². The third-order valence-electron chi connectivity index (χ3n) is 4.18. The Bertz CT molecular complexity index is 728.